The van der Waals surface area contributed by atoms with E-state index in [1.807, 2.05) is 6.07 Å². The van der Waals surface area contributed by atoms with Gasteiger partial charge in [0, 0.05) is 6.04 Å². The summed E-state index contributed by atoms with van der Waals surface area (Å²) in [5.41, 5.74) is 0.721. The number of fused-ring (bicyclic) bond motifs is 1. The standard InChI is InChI=1S/C16H21F2N5/c17-14(18)15-21-20-13-7-6-12(22-23(13)15)19-11-5-1-2-8-16(11)9-3-4-10-16/h6-7,11,14H,1-5,8-10H2,(H,19,22)/t11-/m0/s1. The minimum absolute atomic E-state index is 0.352. The van der Waals surface area contributed by atoms with Crippen molar-refractivity contribution in [2.45, 2.75) is 63.8 Å². The number of halogens is 2. The summed E-state index contributed by atoms with van der Waals surface area (Å²) in [7, 11) is 0. The molecule has 2 aromatic rings. The number of hydrogen-bond donors (Lipinski definition) is 1. The summed E-state index contributed by atoms with van der Waals surface area (Å²) >= 11 is 0. The molecule has 2 aromatic heterocycles. The van der Waals surface area contributed by atoms with Gasteiger partial charge in [-0.25, -0.2) is 8.78 Å². The molecule has 23 heavy (non-hydrogen) atoms. The molecule has 0 bridgehead atoms. The van der Waals surface area contributed by atoms with Crippen molar-refractivity contribution in [2.75, 3.05) is 5.32 Å². The first kappa shape index (κ1) is 14.8. The number of nitrogens with zero attached hydrogens (tertiary/aromatic N) is 4. The highest BCUT2D eigenvalue weighted by Gasteiger charge is 2.42. The number of rotatable bonds is 3. The lowest BCUT2D eigenvalue weighted by Gasteiger charge is -2.42. The normalized spacial score (nSPS) is 23.9. The zero-order valence-corrected chi connectivity index (χ0v) is 13.0. The largest absolute Gasteiger partial charge is 0.365 e. The summed E-state index contributed by atoms with van der Waals surface area (Å²) in [5, 5.41) is 15.1. The Kier molecular flexibility index (Phi) is 3.66. The second kappa shape index (κ2) is 5.69. The van der Waals surface area contributed by atoms with Crippen LogP contribution in [0.1, 0.15) is 63.6 Å². The van der Waals surface area contributed by atoms with Crippen LogP contribution in [0.2, 0.25) is 0 Å². The number of aromatic nitrogens is 4. The van der Waals surface area contributed by atoms with E-state index in [1.165, 1.54) is 44.9 Å². The first-order chi connectivity index (χ1) is 11.2. The van der Waals surface area contributed by atoms with Crippen LogP contribution in [0.4, 0.5) is 14.6 Å². The maximum Gasteiger partial charge on any atom is 0.299 e. The van der Waals surface area contributed by atoms with Crippen molar-refractivity contribution in [3.63, 3.8) is 0 Å². The quantitative estimate of drug-likeness (QED) is 0.929. The molecule has 2 aliphatic carbocycles. The maximum absolute atomic E-state index is 13.0. The molecule has 0 saturated heterocycles. The predicted molar refractivity (Wildman–Crippen MR) is 82.5 cm³/mol. The minimum Gasteiger partial charge on any atom is -0.365 e. The van der Waals surface area contributed by atoms with Gasteiger partial charge in [0.05, 0.1) is 0 Å². The molecule has 0 aromatic carbocycles. The Morgan fingerprint density at radius 2 is 1.83 bits per heavy atom. The fraction of sp³-hybridized carbons (Fsp3) is 0.688. The first-order valence-electron chi connectivity index (χ1n) is 8.45. The van der Waals surface area contributed by atoms with Crippen molar-refractivity contribution in [1.82, 2.24) is 19.8 Å². The molecule has 0 radical (unpaired) electrons. The average Bonchev–Trinajstić information content (AvgIpc) is 3.17. The van der Waals surface area contributed by atoms with Crippen LogP contribution in [0.15, 0.2) is 12.1 Å². The summed E-state index contributed by atoms with van der Waals surface area (Å²) in [5.74, 6) is 0.236. The van der Waals surface area contributed by atoms with Crippen LogP contribution in [0, 0.1) is 5.41 Å². The van der Waals surface area contributed by atoms with Crippen LogP contribution in [0.5, 0.6) is 0 Å². The van der Waals surface area contributed by atoms with Gasteiger partial charge < -0.3 is 5.32 Å². The highest BCUT2D eigenvalue weighted by atomic mass is 19.3. The van der Waals surface area contributed by atoms with Crippen molar-refractivity contribution in [2.24, 2.45) is 5.41 Å². The SMILES string of the molecule is FC(F)c1nnc2ccc(N[C@H]3CCCCC34CCCC4)nn12. The molecular formula is C16H21F2N5. The van der Waals surface area contributed by atoms with Gasteiger partial charge in [0.15, 0.2) is 5.65 Å². The van der Waals surface area contributed by atoms with E-state index in [2.05, 4.69) is 20.6 Å². The van der Waals surface area contributed by atoms with Crippen molar-refractivity contribution < 1.29 is 8.78 Å². The van der Waals surface area contributed by atoms with Gasteiger partial charge in [0.25, 0.3) is 6.43 Å². The first-order valence-corrected chi connectivity index (χ1v) is 8.45. The highest BCUT2D eigenvalue weighted by Crippen LogP contribution is 2.49. The van der Waals surface area contributed by atoms with E-state index >= 15 is 0 Å². The van der Waals surface area contributed by atoms with Gasteiger partial charge >= 0.3 is 0 Å². The third kappa shape index (κ3) is 2.56. The Hall–Kier alpha value is -1.79. The molecule has 2 saturated carbocycles. The Morgan fingerprint density at radius 3 is 2.57 bits per heavy atom. The molecule has 1 N–H and O–H groups in total. The smallest absolute Gasteiger partial charge is 0.299 e. The lowest BCUT2D eigenvalue weighted by Crippen LogP contribution is -2.41. The molecule has 0 unspecified atom stereocenters. The predicted octanol–water partition coefficient (Wildman–Crippen LogP) is 3.98. The van der Waals surface area contributed by atoms with Gasteiger partial charge in [-0.15, -0.1) is 15.3 Å². The van der Waals surface area contributed by atoms with Gasteiger partial charge in [0.2, 0.25) is 5.82 Å². The Balaban J connectivity index is 1.62. The van der Waals surface area contributed by atoms with Crippen LogP contribution < -0.4 is 5.32 Å². The Bertz CT molecular complexity index is 693. The van der Waals surface area contributed by atoms with Crippen LogP contribution in [0.3, 0.4) is 0 Å². The van der Waals surface area contributed by atoms with E-state index in [-0.39, 0.29) is 0 Å². The molecule has 1 atom stereocenters. The van der Waals surface area contributed by atoms with Crippen molar-refractivity contribution in [1.29, 1.82) is 0 Å². The van der Waals surface area contributed by atoms with Crippen LogP contribution in [-0.2, 0) is 0 Å². The van der Waals surface area contributed by atoms with Gasteiger partial charge in [0.1, 0.15) is 5.82 Å². The minimum atomic E-state index is -2.68. The Morgan fingerprint density at radius 1 is 1.09 bits per heavy atom. The summed E-state index contributed by atoms with van der Waals surface area (Å²) < 4.78 is 27.1. The third-order valence-electron chi connectivity index (χ3n) is 5.56. The van der Waals surface area contributed by atoms with Crippen LogP contribution in [-0.4, -0.2) is 25.9 Å². The molecule has 2 heterocycles. The summed E-state index contributed by atoms with van der Waals surface area (Å²) in [6.45, 7) is 0. The number of anilines is 1. The number of hydrogen-bond acceptors (Lipinski definition) is 4. The fourth-order valence-corrected chi connectivity index (χ4v) is 4.41. The van der Waals surface area contributed by atoms with E-state index in [1.54, 1.807) is 6.07 Å². The third-order valence-corrected chi connectivity index (χ3v) is 5.56. The van der Waals surface area contributed by atoms with Gasteiger partial charge in [-0.05, 0) is 43.2 Å². The van der Waals surface area contributed by atoms with Crippen LogP contribution >= 0.6 is 0 Å². The summed E-state index contributed by atoms with van der Waals surface area (Å²) in [6, 6.07) is 3.89. The second-order valence-electron chi connectivity index (χ2n) is 6.86. The van der Waals surface area contributed by atoms with E-state index in [4.69, 9.17) is 0 Å². The van der Waals surface area contributed by atoms with Crippen molar-refractivity contribution >= 4 is 11.5 Å². The second-order valence-corrected chi connectivity index (χ2v) is 6.86. The molecule has 4 rings (SSSR count). The maximum atomic E-state index is 13.0. The lowest BCUT2D eigenvalue weighted by atomic mass is 9.69. The number of nitrogens with one attached hydrogen (secondary N) is 1. The molecule has 0 amide bonds. The molecule has 0 aliphatic heterocycles. The van der Waals surface area contributed by atoms with Gasteiger partial charge in [-0.1, -0.05) is 25.7 Å². The molecule has 7 heteroatoms. The van der Waals surface area contributed by atoms with Crippen LogP contribution in [0.25, 0.3) is 5.65 Å². The van der Waals surface area contributed by atoms with Crippen molar-refractivity contribution in [3.8, 4) is 0 Å². The zero-order chi connectivity index (χ0) is 15.9. The molecule has 2 fully saturated rings. The molecule has 5 nitrogen and oxygen atoms in total. The van der Waals surface area contributed by atoms with E-state index in [0.29, 0.717) is 22.9 Å². The molecule has 1 spiro atoms. The highest BCUT2D eigenvalue weighted by molar-refractivity contribution is 5.45. The summed E-state index contributed by atoms with van der Waals surface area (Å²) in [4.78, 5) is 0. The summed E-state index contributed by atoms with van der Waals surface area (Å²) in [6.07, 6.45) is 7.36. The monoisotopic (exact) mass is 321 g/mol. The molecular weight excluding hydrogens is 300 g/mol. The Labute approximate surface area is 133 Å². The zero-order valence-electron chi connectivity index (χ0n) is 13.0. The average molecular weight is 321 g/mol. The fourth-order valence-electron chi connectivity index (χ4n) is 4.41. The van der Waals surface area contributed by atoms with Gasteiger partial charge in [-0.3, -0.25) is 0 Å². The molecule has 2 aliphatic rings. The number of alkyl halides is 2. The molecule has 124 valence electrons. The van der Waals surface area contributed by atoms with Gasteiger partial charge in [-0.2, -0.15) is 4.52 Å². The van der Waals surface area contributed by atoms with E-state index < -0.39 is 12.2 Å². The van der Waals surface area contributed by atoms with E-state index in [0.717, 1.165) is 10.9 Å². The van der Waals surface area contributed by atoms with E-state index in [9.17, 15) is 8.78 Å². The lowest BCUT2D eigenvalue weighted by molar-refractivity contribution is 0.137. The topological polar surface area (TPSA) is 55.1 Å². The van der Waals surface area contributed by atoms with Crippen molar-refractivity contribution in [3.05, 3.63) is 18.0 Å².